The molecule has 3 aliphatic rings. The van der Waals surface area contributed by atoms with Crippen LogP contribution in [0, 0.1) is 0 Å². The second-order valence-electron chi connectivity index (χ2n) is 10.5. The summed E-state index contributed by atoms with van der Waals surface area (Å²) in [6, 6.07) is 17.8. The molecule has 2 saturated heterocycles. The molecule has 0 radical (unpaired) electrons. The van der Waals surface area contributed by atoms with Gasteiger partial charge in [-0.1, -0.05) is 54.4 Å². The van der Waals surface area contributed by atoms with Gasteiger partial charge in [-0.2, -0.15) is 0 Å². The Morgan fingerprint density at radius 3 is 2.52 bits per heavy atom. The van der Waals surface area contributed by atoms with E-state index in [4.69, 9.17) is 44.3 Å². The number of hydrogen-bond acceptors (Lipinski definition) is 4. The topological polar surface area (TPSA) is 76.7 Å². The van der Waals surface area contributed by atoms with Gasteiger partial charge in [0.05, 0.1) is 19.3 Å². The van der Waals surface area contributed by atoms with Crippen molar-refractivity contribution < 1.29 is 19.1 Å². The van der Waals surface area contributed by atoms with Crippen LogP contribution in [0.15, 0.2) is 60.7 Å². The van der Waals surface area contributed by atoms with Gasteiger partial charge in [0.2, 0.25) is 11.8 Å². The zero-order valence-electron chi connectivity index (χ0n) is 21.9. The highest BCUT2D eigenvalue weighted by Gasteiger charge is 2.64. The predicted molar refractivity (Wildman–Crippen MR) is 157 cm³/mol. The largest absolute Gasteiger partial charge is 0.490 e. The molecular weight excluding hydrogens is 571 g/mol. The van der Waals surface area contributed by atoms with Crippen LogP contribution in [-0.2, 0) is 26.2 Å². The molecule has 208 valence electrons. The third-order valence-corrected chi connectivity index (χ3v) is 9.21. The van der Waals surface area contributed by atoms with Gasteiger partial charge in [-0.3, -0.25) is 9.59 Å². The molecule has 2 amide bonds. The molecule has 1 spiro atoms. The number of rotatable bonds is 5. The fourth-order valence-electron chi connectivity index (χ4n) is 6.40. The number of nitrogens with one attached hydrogen (secondary N) is 2. The predicted octanol–water partition coefficient (Wildman–Crippen LogP) is 6.57. The number of anilines is 1. The molecule has 3 aliphatic heterocycles. The van der Waals surface area contributed by atoms with Crippen LogP contribution in [-0.4, -0.2) is 36.5 Å². The van der Waals surface area contributed by atoms with Crippen molar-refractivity contribution in [2.75, 3.05) is 18.5 Å². The molecule has 0 saturated carbocycles. The molecular formula is C31H29Cl3N2O4. The van der Waals surface area contributed by atoms with Crippen LogP contribution in [0.25, 0.3) is 0 Å². The van der Waals surface area contributed by atoms with E-state index in [0.29, 0.717) is 45.8 Å². The Morgan fingerprint density at radius 2 is 1.77 bits per heavy atom. The Bertz CT molecular complexity index is 1470. The van der Waals surface area contributed by atoms with Crippen molar-refractivity contribution >= 4 is 52.3 Å². The van der Waals surface area contributed by atoms with Crippen molar-refractivity contribution in [3.8, 4) is 5.75 Å². The van der Waals surface area contributed by atoms with E-state index >= 15 is 0 Å². The minimum atomic E-state index is -1.31. The van der Waals surface area contributed by atoms with Crippen molar-refractivity contribution in [2.45, 2.75) is 55.0 Å². The lowest BCUT2D eigenvalue weighted by molar-refractivity contribution is -0.131. The zero-order valence-corrected chi connectivity index (χ0v) is 24.2. The van der Waals surface area contributed by atoms with Crippen LogP contribution >= 0.6 is 34.8 Å². The average Bonchev–Trinajstić information content (AvgIpc) is 3.22. The number of carbonyl (C=O) groups excluding carboxylic acids is 2. The first-order valence-electron chi connectivity index (χ1n) is 13.5. The molecule has 0 aliphatic carbocycles. The highest BCUT2D eigenvalue weighted by Crippen LogP contribution is 2.59. The van der Waals surface area contributed by atoms with Crippen molar-refractivity contribution in [1.29, 1.82) is 0 Å². The van der Waals surface area contributed by atoms with Crippen LogP contribution < -0.4 is 15.4 Å². The summed E-state index contributed by atoms with van der Waals surface area (Å²) in [6.45, 7) is 3.31. The van der Waals surface area contributed by atoms with Gasteiger partial charge in [0.1, 0.15) is 22.6 Å². The third kappa shape index (κ3) is 4.55. The molecule has 0 bridgehead atoms. The van der Waals surface area contributed by atoms with Crippen molar-refractivity contribution in [2.24, 2.45) is 0 Å². The molecule has 3 aromatic rings. The van der Waals surface area contributed by atoms with Crippen LogP contribution in [0.2, 0.25) is 10.0 Å². The van der Waals surface area contributed by atoms with Crippen LogP contribution in [0.3, 0.4) is 0 Å². The lowest BCUT2D eigenvalue weighted by Gasteiger charge is -2.48. The number of benzene rings is 3. The Labute approximate surface area is 248 Å². The first-order chi connectivity index (χ1) is 19.3. The normalized spacial score (nSPS) is 26.4. The highest BCUT2D eigenvalue weighted by atomic mass is 35.5. The summed E-state index contributed by atoms with van der Waals surface area (Å²) in [7, 11) is 0. The van der Waals surface area contributed by atoms with E-state index in [1.54, 1.807) is 24.3 Å². The number of hydrogen-bond donors (Lipinski definition) is 2. The summed E-state index contributed by atoms with van der Waals surface area (Å²) in [6.07, 6.45) is 2.25. The molecule has 3 aromatic carbocycles. The van der Waals surface area contributed by atoms with Gasteiger partial charge in [0, 0.05) is 40.1 Å². The summed E-state index contributed by atoms with van der Waals surface area (Å²) in [5, 5.41) is 6.13. The molecule has 6 nitrogen and oxygen atoms in total. The smallest absolute Gasteiger partial charge is 0.239 e. The maximum Gasteiger partial charge on any atom is 0.239 e. The Kier molecular flexibility index (Phi) is 7.47. The van der Waals surface area contributed by atoms with E-state index in [1.165, 1.54) is 0 Å². The van der Waals surface area contributed by atoms with Crippen molar-refractivity contribution in [3.63, 3.8) is 0 Å². The van der Waals surface area contributed by atoms with Crippen molar-refractivity contribution in [1.82, 2.24) is 5.32 Å². The molecule has 6 rings (SSSR count). The number of aryl methyl sites for hydroxylation is 1. The van der Waals surface area contributed by atoms with Crippen LogP contribution in [0.5, 0.6) is 5.75 Å². The fourth-order valence-corrected chi connectivity index (χ4v) is 7.18. The standard InChI is InChI=1S/C31H29Cl3N2O4/c1-2-17-6-9-25(40-21-10-12-39-13-11-21)22(14-17)28-31(23-8-7-20(33)16-24(23)35-30(31)38)26(27(34)29(37)36-28)18-4-3-5-19(32)15-18/h3-9,14-16,21,26-28H,2,10-13H2,1H3,(H,35,38)(H,36,37). The van der Waals surface area contributed by atoms with Crippen LogP contribution in [0.4, 0.5) is 5.69 Å². The molecule has 4 atom stereocenters. The Morgan fingerprint density at radius 1 is 1.00 bits per heavy atom. The zero-order chi connectivity index (χ0) is 28.0. The number of piperidine rings is 1. The van der Waals surface area contributed by atoms with E-state index in [9.17, 15) is 9.59 Å². The SMILES string of the molecule is CCc1ccc(OC2CCOCC2)c(C2NC(=O)C(Cl)C(c3cccc(Cl)c3)C23C(=O)Nc2cc(Cl)ccc23)c1. The number of ether oxygens (including phenoxy) is 2. The molecule has 9 heteroatoms. The summed E-state index contributed by atoms with van der Waals surface area (Å²) in [5.74, 6) is -0.752. The van der Waals surface area contributed by atoms with Gasteiger partial charge in [0.15, 0.2) is 0 Å². The van der Waals surface area contributed by atoms with Gasteiger partial charge in [-0.25, -0.2) is 0 Å². The highest BCUT2D eigenvalue weighted by molar-refractivity contribution is 6.33. The minimum Gasteiger partial charge on any atom is -0.490 e. The first-order valence-corrected chi connectivity index (χ1v) is 14.7. The maximum absolute atomic E-state index is 14.4. The van der Waals surface area contributed by atoms with Gasteiger partial charge in [0.25, 0.3) is 0 Å². The van der Waals surface area contributed by atoms with E-state index in [-0.39, 0.29) is 17.9 Å². The minimum absolute atomic E-state index is 0.0387. The van der Waals surface area contributed by atoms with E-state index in [1.807, 2.05) is 36.4 Å². The Balaban J connectivity index is 1.61. The average molecular weight is 600 g/mol. The molecule has 40 heavy (non-hydrogen) atoms. The maximum atomic E-state index is 14.4. The number of alkyl halides is 1. The molecule has 2 fully saturated rings. The molecule has 2 N–H and O–H groups in total. The van der Waals surface area contributed by atoms with Gasteiger partial charge in [-0.15, -0.1) is 11.6 Å². The monoisotopic (exact) mass is 598 g/mol. The second kappa shape index (κ2) is 10.9. The first kappa shape index (κ1) is 27.4. The summed E-state index contributed by atoms with van der Waals surface area (Å²) in [5.41, 5.74) is 2.47. The van der Waals surface area contributed by atoms with Crippen molar-refractivity contribution in [3.05, 3.63) is 93.0 Å². The fraction of sp³-hybridized carbons (Fsp3) is 0.355. The molecule has 3 heterocycles. The number of halogens is 3. The van der Waals surface area contributed by atoms with Gasteiger partial charge < -0.3 is 20.1 Å². The quantitative estimate of drug-likeness (QED) is 0.326. The van der Waals surface area contributed by atoms with Crippen LogP contribution in [0.1, 0.15) is 54.0 Å². The lowest BCUT2D eigenvalue weighted by atomic mass is 9.59. The number of carbonyl (C=O) groups is 2. The Hall–Kier alpha value is -2.77. The number of amides is 2. The summed E-state index contributed by atoms with van der Waals surface area (Å²) in [4.78, 5) is 28.1. The summed E-state index contributed by atoms with van der Waals surface area (Å²) >= 11 is 19.7. The second-order valence-corrected chi connectivity index (χ2v) is 11.9. The summed E-state index contributed by atoms with van der Waals surface area (Å²) < 4.78 is 12.1. The van der Waals surface area contributed by atoms with Gasteiger partial charge >= 0.3 is 0 Å². The molecule has 4 unspecified atom stereocenters. The van der Waals surface area contributed by atoms with E-state index in [0.717, 1.165) is 30.4 Å². The van der Waals surface area contributed by atoms with E-state index < -0.39 is 22.8 Å². The lowest BCUT2D eigenvalue weighted by Crippen LogP contribution is -2.61. The molecule has 0 aromatic heterocycles. The number of fused-ring (bicyclic) bond motifs is 2. The third-order valence-electron chi connectivity index (χ3n) is 8.29. The van der Waals surface area contributed by atoms with Gasteiger partial charge in [-0.05, 0) is 59.5 Å². The van der Waals surface area contributed by atoms with E-state index in [2.05, 4.69) is 17.6 Å².